The third-order valence-corrected chi connectivity index (χ3v) is 2.98. The van der Waals surface area contributed by atoms with Gasteiger partial charge >= 0.3 is 0 Å². The third-order valence-electron chi connectivity index (χ3n) is 2.98. The quantitative estimate of drug-likeness (QED) is 0.819. The standard InChI is InChI=1S/C12H19N3O/c1-9-6-10(13)11(14-7-9)15-8-12(2)4-3-5-16-12/h6-7H,3-5,8,13H2,1-2H3,(H,14,15). The fraction of sp³-hybridized carbons (Fsp3) is 0.583. The topological polar surface area (TPSA) is 60.2 Å². The first kappa shape index (κ1) is 11.2. The summed E-state index contributed by atoms with van der Waals surface area (Å²) in [6.07, 6.45) is 4.04. The predicted molar refractivity (Wildman–Crippen MR) is 65.5 cm³/mol. The van der Waals surface area contributed by atoms with Gasteiger partial charge in [0.2, 0.25) is 0 Å². The Bertz CT molecular complexity index is 373. The van der Waals surface area contributed by atoms with Crippen LogP contribution >= 0.6 is 0 Å². The number of hydrogen-bond acceptors (Lipinski definition) is 4. The number of pyridine rings is 1. The average molecular weight is 221 g/mol. The molecule has 0 spiro atoms. The van der Waals surface area contributed by atoms with E-state index in [1.807, 2.05) is 19.2 Å². The van der Waals surface area contributed by atoms with E-state index >= 15 is 0 Å². The van der Waals surface area contributed by atoms with Crippen molar-refractivity contribution in [1.82, 2.24) is 4.98 Å². The molecule has 0 saturated carbocycles. The fourth-order valence-electron chi connectivity index (χ4n) is 1.99. The number of aryl methyl sites for hydroxylation is 1. The first-order valence-corrected chi connectivity index (χ1v) is 5.69. The smallest absolute Gasteiger partial charge is 0.149 e. The van der Waals surface area contributed by atoms with Gasteiger partial charge in [-0.1, -0.05) is 0 Å². The lowest BCUT2D eigenvalue weighted by Gasteiger charge is -2.24. The Morgan fingerprint density at radius 1 is 1.62 bits per heavy atom. The molecule has 3 N–H and O–H groups in total. The molecular weight excluding hydrogens is 202 g/mol. The van der Waals surface area contributed by atoms with Crippen LogP contribution in [0.25, 0.3) is 0 Å². The highest BCUT2D eigenvalue weighted by molar-refractivity contribution is 5.61. The van der Waals surface area contributed by atoms with Crippen molar-refractivity contribution in [3.8, 4) is 0 Å². The van der Waals surface area contributed by atoms with Crippen LogP contribution in [0.5, 0.6) is 0 Å². The monoisotopic (exact) mass is 221 g/mol. The van der Waals surface area contributed by atoms with Gasteiger partial charge in [-0.2, -0.15) is 0 Å². The molecule has 1 aliphatic rings. The minimum Gasteiger partial charge on any atom is -0.396 e. The molecule has 0 radical (unpaired) electrons. The van der Waals surface area contributed by atoms with Gasteiger partial charge in [-0.3, -0.25) is 0 Å². The van der Waals surface area contributed by atoms with Gasteiger partial charge in [-0.15, -0.1) is 0 Å². The molecule has 2 rings (SSSR count). The Balaban J connectivity index is 1.99. The van der Waals surface area contributed by atoms with Gasteiger partial charge in [0.25, 0.3) is 0 Å². The number of ether oxygens (including phenoxy) is 1. The maximum absolute atomic E-state index is 5.88. The molecular formula is C12H19N3O. The van der Waals surface area contributed by atoms with Crippen LogP contribution in [0, 0.1) is 6.92 Å². The molecule has 2 heterocycles. The largest absolute Gasteiger partial charge is 0.396 e. The van der Waals surface area contributed by atoms with Gasteiger partial charge in [0.05, 0.1) is 11.3 Å². The highest BCUT2D eigenvalue weighted by atomic mass is 16.5. The van der Waals surface area contributed by atoms with E-state index < -0.39 is 0 Å². The maximum Gasteiger partial charge on any atom is 0.149 e. The summed E-state index contributed by atoms with van der Waals surface area (Å²) in [7, 11) is 0. The Morgan fingerprint density at radius 2 is 2.44 bits per heavy atom. The summed E-state index contributed by atoms with van der Waals surface area (Å²) in [6, 6.07) is 1.92. The van der Waals surface area contributed by atoms with Crippen molar-refractivity contribution in [2.45, 2.75) is 32.3 Å². The Labute approximate surface area is 96.2 Å². The van der Waals surface area contributed by atoms with Gasteiger partial charge < -0.3 is 15.8 Å². The van der Waals surface area contributed by atoms with Crippen molar-refractivity contribution >= 4 is 11.5 Å². The third kappa shape index (κ3) is 2.44. The Morgan fingerprint density at radius 3 is 3.06 bits per heavy atom. The highest BCUT2D eigenvalue weighted by Gasteiger charge is 2.29. The summed E-state index contributed by atoms with van der Waals surface area (Å²) in [4.78, 5) is 4.28. The number of nitrogens with zero attached hydrogens (tertiary/aromatic N) is 1. The molecule has 0 aromatic carbocycles. The van der Waals surface area contributed by atoms with E-state index in [1.54, 1.807) is 0 Å². The van der Waals surface area contributed by atoms with Gasteiger partial charge in [0.15, 0.2) is 0 Å². The van der Waals surface area contributed by atoms with Crippen LogP contribution in [-0.4, -0.2) is 23.7 Å². The first-order valence-electron chi connectivity index (χ1n) is 5.69. The van der Waals surface area contributed by atoms with Crippen LogP contribution in [0.3, 0.4) is 0 Å². The van der Waals surface area contributed by atoms with E-state index in [0.717, 1.165) is 37.4 Å². The number of rotatable bonds is 3. The van der Waals surface area contributed by atoms with Crippen LogP contribution < -0.4 is 11.1 Å². The van der Waals surface area contributed by atoms with Crippen LogP contribution in [0.1, 0.15) is 25.3 Å². The molecule has 88 valence electrons. The van der Waals surface area contributed by atoms with Crippen LogP contribution in [-0.2, 0) is 4.74 Å². The number of nitrogens with two attached hydrogens (primary N) is 1. The molecule has 1 fully saturated rings. The molecule has 1 unspecified atom stereocenters. The van der Waals surface area contributed by atoms with Gasteiger partial charge in [-0.05, 0) is 38.3 Å². The molecule has 1 aromatic heterocycles. The molecule has 0 aliphatic carbocycles. The lowest BCUT2D eigenvalue weighted by atomic mass is 10.0. The van der Waals surface area contributed by atoms with E-state index in [9.17, 15) is 0 Å². The minimum atomic E-state index is -0.0704. The zero-order chi connectivity index (χ0) is 11.6. The second-order valence-corrected chi connectivity index (χ2v) is 4.71. The van der Waals surface area contributed by atoms with Crippen LogP contribution in [0.2, 0.25) is 0 Å². The number of aromatic nitrogens is 1. The minimum absolute atomic E-state index is 0.0704. The second-order valence-electron chi connectivity index (χ2n) is 4.71. The second kappa shape index (κ2) is 4.29. The van der Waals surface area contributed by atoms with E-state index in [0.29, 0.717) is 5.69 Å². The van der Waals surface area contributed by atoms with Crippen molar-refractivity contribution < 1.29 is 4.74 Å². The number of nitrogen functional groups attached to an aromatic ring is 1. The molecule has 1 aliphatic heterocycles. The lowest BCUT2D eigenvalue weighted by Crippen LogP contribution is -2.32. The molecule has 0 bridgehead atoms. The van der Waals surface area contributed by atoms with E-state index in [-0.39, 0.29) is 5.60 Å². The SMILES string of the molecule is Cc1cnc(NCC2(C)CCCO2)c(N)c1. The number of nitrogens with one attached hydrogen (secondary N) is 1. The molecule has 1 atom stereocenters. The van der Waals surface area contributed by atoms with Gasteiger partial charge in [-0.25, -0.2) is 4.98 Å². The summed E-state index contributed by atoms with van der Waals surface area (Å²) in [5.41, 5.74) is 7.58. The zero-order valence-electron chi connectivity index (χ0n) is 9.92. The van der Waals surface area contributed by atoms with E-state index in [2.05, 4.69) is 17.2 Å². The molecule has 1 aromatic rings. The summed E-state index contributed by atoms with van der Waals surface area (Å²) in [5.74, 6) is 0.752. The lowest BCUT2D eigenvalue weighted by molar-refractivity contribution is 0.0315. The van der Waals surface area contributed by atoms with Crippen LogP contribution in [0.15, 0.2) is 12.3 Å². The van der Waals surface area contributed by atoms with Crippen molar-refractivity contribution in [3.05, 3.63) is 17.8 Å². The highest BCUT2D eigenvalue weighted by Crippen LogP contribution is 2.26. The molecule has 4 heteroatoms. The predicted octanol–water partition coefficient (Wildman–Crippen LogP) is 1.95. The summed E-state index contributed by atoms with van der Waals surface area (Å²) in [6.45, 7) is 5.72. The van der Waals surface area contributed by atoms with Gasteiger partial charge in [0.1, 0.15) is 5.82 Å². The number of hydrogen-bond donors (Lipinski definition) is 2. The van der Waals surface area contributed by atoms with Crippen molar-refractivity contribution in [3.63, 3.8) is 0 Å². The van der Waals surface area contributed by atoms with Crippen molar-refractivity contribution in [2.24, 2.45) is 0 Å². The molecule has 4 nitrogen and oxygen atoms in total. The fourth-order valence-corrected chi connectivity index (χ4v) is 1.99. The first-order chi connectivity index (χ1) is 7.59. The van der Waals surface area contributed by atoms with E-state index in [1.165, 1.54) is 0 Å². The van der Waals surface area contributed by atoms with Crippen molar-refractivity contribution in [2.75, 3.05) is 24.2 Å². The molecule has 1 saturated heterocycles. The Hall–Kier alpha value is -1.29. The van der Waals surface area contributed by atoms with Gasteiger partial charge in [0, 0.05) is 19.3 Å². The average Bonchev–Trinajstić information content (AvgIpc) is 2.64. The number of anilines is 2. The normalized spacial score (nSPS) is 24.6. The maximum atomic E-state index is 5.88. The van der Waals surface area contributed by atoms with Crippen molar-refractivity contribution in [1.29, 1.82) is 0 Å². The van der Waals surface area contributed by atoms with Crippen LogP contribution in [0.4, 0.5) is 11.5 Å². The zero-order valence-corrected chi connectivity index (χ0v) is 9.92. The summed E-state index contributed by atoms with van der Waals surface area (Å²) < 4.78 is 5.69. The van der Waals surface area contributed by atoms with E-state index in [4.69, 9.17) is 10.5 Å². The summed E-state index contributed by atoms with van der Waals surface area (Å²) in [5, 5.41) is 3.26. The Kier molecular flexibility index (Phi) is 3.01. The molecule has 16 heavy (non-hydrogen) atoms. The molecule has 0 amide bonds. The summed E-state index contributed by atoms with van der Waals surface area (Å²) >= 11 is 0.